The first-order valence-corrected chi connectivity index (χ1v) is 10.9. The third-order valence-corrected chi connectivity index (χ3v) is 6.21. The number of benzene rings is 1. The van der Waals surface area contributed by atoms with Crippen LogP contribution < -0.4 is 9.80 Å². The Bertz CT molecular complexity index is 1050. The van der Waals surface area contributed by atoms with Crippen LogP contribution in [0.25, 0.3) is 10.9 Å². The number of fused-ring (bicyclic) bond motifs is 1. The fourth-order valence-corrected chi connectivity index (χ4v) is 4.54. The van der Waals surface area contributed by atoms with E-state index in [0.717, 1.165) is 73.2 Å². The van der Waals surface area contributed by atoms with Gasteiger partial charge in [0.2, 0.25) is 5.91 Å². The van der Waals surface area contributed by atoms with Crippen LogP contribution in [-0.4, -0.2) is 65.0 Å². The van der Waals surface area contributed by atoms with Crippen LogP contribution in [0.4, 0.5) is 11.6 Å². The number of H-pyrrole nitrogens is 1. The SMILES string of the molecule is Cc1nc(N2CCCC2)cc(N2CCN(C(=O)Cc3c[nH]c4ccccc34)CC2)n1. The van der Waals surface area contributed by atoms with Gasteiger partial charge in [0, 0.05) is 62.4 Å². The van der Waals surface area contributed by atoms with E-state index in [1.807, 2.05) is 36.2 Å². The molecule has 2 aromatic heterocycles. The highest BCUT2D eigenvalue weighted by Crippen LogP contribution is 2.24. The van der Waals surface area contributed by atoms with Gasteiger partial charge in [-0.15, -0.1) is 0 Å². The molecule has 0 spiro atoms. The first-order valence-electron chi connectivity index (χ1n) is 10.9. The van der Waals surface area contributed by atoms with Gasteiger partial charge in [0.05, 0.1) is 6.42 Å². The Morgan fingerprint density at radius 2 is 1.63 bits per heavy atom. The second-order valence-corrected chi connectivity index (χ2v) is 8.23. The van der Waals surface area contributed by atoms with Gasteiger partial charge in [-0.25, -0.2) is 9.97 Å². The minimum Gasteiger partial charge on any atom is -0.361 e. The zero-order chi connectivity index (χ0) is 20.5. The van der Waals surface area contributed by atoms with Crippen molar-refractivity contribution in [2.45, 2.75) is 26.2 Å². The number of rotatable bonds is 4. The first kappa shape index (κ1) is 18.9. The molecule has 0 atom stereocenters. The number of aromatic nitrogens is 3. The molecule has 1 amide bonds. The van der Waals surface area contributed by atoms with Gasteiger partial charge in [0.1, 0.15) is 17.5 Å². The minimum atomic E-state index is 0.191. The summed E-state index contributed by atoms with van der Waals surface area (Å²) in [6.07, 6.45) is 4.86. The predicted molar refractivity (Wildman–Crippen MR) is 119 cm³/mol. The molecule has 1 aromatic carbocycles. The molecular weight excluding hydrogens is 376 g/mol. The maximum atomic E-state index is 12.9. The van der Waals surface area contributed by atoms with E-state index in [9.17, 15) is 4.79 Å². The zero-order valence-corrected chi connectivity index (χ0v) is 17.5. The van der Waals surface area contributed by atoms with Crippen LogP contribution in [0.5, 0.6) is 0 Å². The second kappa shape index (κ2) is 7.97. The van der Waals surface area contributed by atoms with Gasteiger partial charge >= 0.3 is 0 Å². The lowest BCUT2D eigenvalue weighted by atomic mass is 10.1. The molecule has 4 heterocycles. The van der Waals surface area contributed by atoms with E-state index in [0.29, 0.717) is 6.42 Å². The van der Waals surface area contributed by atoms with Crippen LogP contribution in [0.2, 0.25) is 0 Å². The molecule has 2 fully saturated rings. The lowest BCUT2D eigenvalue weighted by molar-refractivity contribution is -0.130. The van der Waals surface area contributed by atoms with Crippen molar-refractivity contribution in [2.75, 3.05) is 49.1 Å². The van der Waals surface area contributed by atoms with Crippen LogP contribution in [-0.2, 0) is 11.2 Å². The Labute approximate surface area is 176 Å². The van der Waals surface area contributed by atoms with Crippen molar-refractivity contribution >= 4 is 28.4 Å². The highest BCUT2D eigenvalue weighted by Gasteiger charge is 2.24. The fourth-order valence-electron chi connectivity index (χ4n) is 4.54. The number of amides is 1. The molecule has 3 aromatic rings. The van der Waals surface area contributed by atoms with E-state index < -0.39 is 0 Å². The molecule has 0 radical (unpaired) electrons. The summed E-state index contributed by atoms with van der Waals surface area (Å²) >= 11 is 0. The van der Waals surface area contributed by atoms with E-state index >= 15 is 0 Å². The highest BCUT2D eigenvalue weighted by atomic mass is 16.2. The molecule has 7 heteroatoms. The molecule has 2 saturated heterocycles. The minimum absolute atomic E-state index is 0.191. The van der Waals surface area contributed by atoms with Gasteiger partial charge < -0.3 is 19.7 Å². The van der Waals surface area contributed by atoms with E-state index in [-0.39, 0.29) is 5.91 Å². The number of aromatic amines is 1. The highest BCUT2D eigenvalue weighted by molar-refractivity contribution is 5.89. The summed E-state index contributed by atoms with van der Waals surface area (Å²) < 4.78 is 0. The van der Waals surface area contributed by atoms with Crippen LogP contribution in [0.15, 0.2) is 36.5 Å². The lowest BCUT2D eigenvalue weighted by Crippen LogP contribution is -2.49. The van der Waals surface area contributed by atoms with Gasteiger partial charge in [0.15, 0.2) is 0 Å². The number of hydrogen-bond donors (Lipinski definition) is 1. The van der Waals surface area contributed by atoms with Crippen molar-refractivity contribution in [1.82, 2.24) is 19.9 Å². The number of nitrogens with zero attached hydrogens (tertiary/aromatic N) is 5. The van der Waals surface area contributed by atoms with Crippen molar-refractivity contribution in [1.29, 1.82) is 0 Å². The van der Waals surface area contributed by atoms with Gasteiger partial charge in [-0.3, -0.25) is 4.79 Å². The maximum absolute atomic E-state index is 12.9. The standard InChI is InChI=1S/C23H28N6O/c1-17-25-21(27-8-4-5-9-27)15-22(26-17)28-10-12-29(13-11-28)23(30)14-18-16-24-20-7-3-2-6-19(18)20/h2-3,6-7,15-16,24H,4-5,8-14H2,1H3. The average molecular weight is 405 g/mol. The monoisotopic (exact) mass is 404 g/mol. The van der Waals surface area contributed by atoms with Gasteiger partial charge in [-0.2, -0.15) is 0 Å². The molecule has 156 valence electrons. The summed E-state index contributed by atoms with van der Waals surface area (Å²) in [4.78, 5) is 32.1. The normalized spacial score (nSPS) is 17.2. The third kappa shape index (κ3) is 3.72. The van der Waals surface area contributed by atoms with Crippen molar-refractivity contribution in [3.8, 4) is 0 Å². The number of para-hydroxylation sites is 1. The smallest absolute Gasteiger partial charge is 0.227 e. The fraction of sp³-hybridized carbons (Fsp3) is 0.435. The molecule has 5 rings (SSSR count). The van der Waals surface area contributed by atoms with E-state index in [4.69, 9.17) is 0 Å². The number of piperazine rings is 1. The van der Waals surface area contributed by atoms with Crippen LogP contribution >= 0.6 is 0 Å². The molecular formula is C23H28N6O. The molecule has 0 bridgehead atoms. The van der Waals surface area contributed by atoms with E-state index in [2.05, 4.69) is 36.9 Å². The quantitative estimate of drug-likeness (QED) is 0.724. The summed E-state index contributed by atoms with van der Waals surface area (Å²) in [5.74, 6) is 3.02. The molecule has 0 aliphatic carbocycles. The van der Waals surface area contributed by atoms with E-state index in [1.54, 1.807) is 0 Å². The van der Waals surface area contributed by atoms with E-state index in [1.165, 1.54) is 12.8 Å². The molecule has 0 unspecified atom stereocenters. The lowest BCUT2D eigenvalue weighted by Gasteiger charge is -2.36. The molecule has 0 saturated carbocycles. The number of anilines is 2. The number of aryl methyl sites for hydroxylation is 1. The van der Waals surface area contributed by atoms with Gasteiger partial charge in [-0.1, -0.05) is 18.2 Å². The van der Waals surface area contributed by atoms with Crippen molar-refractivity contribution < 1.29 is 4.79 Å². The van der Waals surface area contributed by atoms with Gasteiger partial charge in [0.25, 0.3) is 0 Å². The molecule has 2 aliphatic rings. The molecule has 7 nitrogen and oxygen atoms in total. The number of carbonyl (C=O) groups is 1. The molecule has 2 aliphatic heterocycles. The summed E-state index contributed by atoms with van der Waals surface area (Å²) in [6.45, 7) is 7.17. The Kier molecular flexibility index (Phi) is 5.02. The summed E-state index contributed by atoms with van der Waals surface area (Å²) in [5, 5.41) is 1.13. The third-order valence-electron chi connectivity index (χ3n) is 6.21. The second-order valence-electron chi connectivity index (χ2n) is 8.23. The topological polar surface area (TPSA) is 68.4 Å². The summed E-state index contributed by atoms with van der Waals surface area (Å²) in [6, 6.07) is 10.3. The Morgan fingerprint density at radius 1 is 0.967 bits per heavy atom. The van der Waals surface area contributed by atoms with Crippen LogP contribution in [0.1, 0.15) is 24.2 Å². The van der Waals surface area contributed by atoms with Crippen molar-refractivity contribution in [3.05, 3.63) is 47.9 Å². The van der Waals surface area contributed by atoms with Crippen LogP contribution in [0.3, 0.4) is 0 Å². The number of carbonyl (C=O) groups excluding carboxylic acids is 1. The van der Waals surface area contributed by atoms with Crippen LogP contribution in [0, 0.1) is 6.92 Å². The summed E-state index contributed by atoms with van der Waals surface area (Å²) in [5.41, 5.74) is 2.15. The Morgan fingerprint density at radius 3 is 2.37 bits per heavy atom. The largest absolute Gasteiger partial charge is 0.361 e. The summed E-state index contributed by atoms with van der Waals surface area (Å²) in [7, 11) is 0. The Balaban J connectivity index is 1.23. The molecule has 1 N–H and O–H groups in total. The number of nitrogens with one attached hydrogen (secondary N) is 1. The predicted octanol–water partition coefficient (Wildman–Crippen LogP) is 2.76. The maximum Gasteiger partial charge on any atom is 0.227 e. The van der Waals surface area contributed by atoms with Gasteiger partial charge in [-0.05, 0) is 31.4 Å². The zero-order valence-electron chi connectivity index (χ0n) is 17.5. The number of hydrogen-bond acceptors (Lipinski definition) is 5. The Hall–Kier alpha value is -3.09. The van der Waals surface area contributed by atoms with Crippen molar-refractivity contribution in [2.24, 2.45) is 0 Å². The van der Waals surface area contributed by atoms with Crippen molar-refractivity contribution in [3.63, 3.8) is 0 Å². The average Bonchev–Trinajstić information content (AvgIpc) is 3.44. The molecule has 30 heavy (non-hydrogen) atoms. The first-order chi connectivity index (χ1) is 14.7.